The normalized spacial score (nSPS) is 30.3. The fourth-order valence-corrected chi connectivity index (χ4v) is 7.72. The molecule has 0 atom stereocenters. The fourth-order valence-electron chi connectivity index (χ4n) is 7.57. The molecule has 174 valence electrons. The van der Waals surface area contributed by atoms with Crippen molar-refractivity contribution in [2.45, 2.75) is 64.5 Å². The lowest BCUT2D eigenvalue weighted by Crippen LogP contribution is -2.47. The van der Waals surface area contributed by atoms with Crippen LogP contribution in [0.5, 0.6) is 0 Å². The SMILES string of the molecule is O=C(CC12CC3CC(CC(C3)C1)C2)Nc1ncnc2c1CCN(Cc1ccc(Cl)cc1F)C2. The fraction of sp³-hybridized carbons (Fsp3) is 0.577. The summed E-state index contributed by atoms with van der Waals surface area (Å²) in [4.78, 5) is 24.2. The van der Waals surface area contributed by atoms with Gasteiger partial charge >= 0.3 is 0 Å². The Balaban J connectivity index is 1.12. The van der Waals surface area contributed by atoms with Crippen molar-refractivity contribution in [3.8, 4) is 0 Å². The van der Waals surface area contributed by atoms with E-state index in [1.807, 2.05) is 0 Å². The predicted molar refractivity (Wildman–Crippen MR) is 125 cm³/mol. The summed E-state index contributed by atoms with van der Waals surface area (Å²) in [6, 6.07) is 4.81. The second kappa shape index (κ2) is 8.31. The van der Waals surface area contributed by atoms with Gasteiger partial charge in [-0.2, -0.15) is 0 Å². The first-order valence-corrected chi connectivity index (χ1v) is 12.6. The van der Waals surface area contributed by atoms with E-state index in [0.29, 0.717) is 35.9 Å². The van der Waals surface area contributed by atoms with Gasteiger partial charge in [-0.3, -0.25) is 9.69 Å². The molecule has 1 aromatic carbocycles. The Labute approximate surface area is 199 Å². The molecule has 4 aliphatic carbocycles. The monoisotopic (exact) mass is 468 g/mol. The summed E-state index contributed by atoms with van der Waals surface area (Å²) in [6.07, 6.45) is 10.7. The largest absolute Gasteiger partial charge is 0.310 e. The van der Waals surface area contributed by atoms with Crippen molar-refractivity contribution in [3.05, 3.63) is 52.2 Å². The highest BCUT2D eigenvalue weighted by molar-refractivity contribution is 6.30. The number of nitrogens with one attached hydrogen (secondary N) is 1. The third kappa shape index (κ3) is 4.28. The summed E-state index contributed by atoms with van der Waals surface area (Å²) in [7, 11) is 0. The van der Waals surface area contributed by atoms with Gasteiger partial charge in [0.1, 0.15) is 18.0 Å². The van der Waals surface area contributed by atoms with E-state index in [4.69, 9.17) is 11.6 Å². The molecule has 0 radical (unpaired) electrons. The van der Waals surface area contributed by atoms with Crippen LogP contribution >= 0.6 is 11.6 Å². The maximum absolute atomic E-state index is 14.2. The maximum Gasteiger partial charge on any atom is 0.226 e. The number of benzene rings is 1. The lowest BCUT2D eigenvalue weighted by Gasteiger charge is -2.56. The van der Waals surface area contributed by atoms with Crippen molar-refractivity contribution < 1.29 is 9.18 Å². The van der Waals surface area contributed by atoms with E-state index in [1.54, 1.807) is 12.1 Å². The predicted octanol–water partition coefficient (Wildman–Crippen LogP) is 5.37. The first-order chi connectivity index (χ1) is 15.9. The first kappa shape index (κ1) is 21.5. The minimum Gasteiger partial charge on any atom is -0.310 e. The van der Waals surface area contributed by atoms with Crippen LogP contribution in [0, 0.1) is 29.0 Å². The van der Waals surface area contributed by atoms with Gasteiger partial charge in [0, 0.05) is 42.2 Å². The third-order valence-corrected chi connectivity index (χ3v) is 8.69. The Kier molecular flexibility index (Phi) is 5.41. The van der Waals surface area contributed by atoms with E-state index >= 15 is 0 Å². The van der Waals surface area contributed by atoms with Crippen molar-refractivity contribution in [2.24, 2.45) is 23.2 Å². The number of halogens is 2. The van der Waals surface area contributed by atoms with Crippen LogP contribution in [-0.2, 0) is 24.3 Å². The molecule has 2 heterocycles. The van der Waals surface area contributed by atoms with Crippen LogP contribution in [0.3, 0.4) is 0 Å². The van der Waals surface area contributed by atoms with Crippen LogP contribution in [0.2, 0.25) is 5.02 Å². The minimum absolute atomic E-state index is 0.100. The van der Waals surface area contributed by atoms with Gasteiger partial charge in [-0.15, -0.1) is 0 Å². The van der Waals surface area contributed by atoms with Gasteiger partial charge in [0.2, 0.25) is 5.91 Å². The van der Waals surface area contributed by atoms with E-state index in [-0.39, 0.29) is 17.1 Å². The van der Waals surface area contributed by atoms with Gasteiger partial charge in [-0.1, -0.05) is 17.7 Å². The number of anilines is 1. The van der Waals surface area contributed by atoms with Crippen LogP contribution < -0.4 is 5.32 Å². The molecule has 1 aromatic heterocycles. The smallest absolute Gasteiger partial charge is 0.226 e. The Morgan fingerprint density at radius 2 is 1.88 bits per heavy atom. The zero-order valence-corrected chi connectivity index (χ0v) is 19.6. The second-order valence-electron chi connectivity index (χ2n) is 11.0. The van der Waals surface area contributed by atoms with Crippen LogP contribution in [0.4, 0.5) is 10.2 Å². The number of aromatic nitrogens is 2. The molecule has 4 saturated carbocycles. The molecule has 0 spiro atoms. The van der Waals surface area contributed by atoms with Crippen molar-refractivity contribution >= 4 is 23.3 Å². The number of rotatable bonds is 5. The van der Waals surface area contributed by atoms with Gasteiger partial charge in [0.25, 0.3) is 0 Å². The number of carbonyl (C=O) groups is 1. The summed E-state index contributed by atoms with van der Waals surface area (Å²) < 4.78 is 14.2. The molecule has 7 heteroatoms. The molecule has 1 amide bonds. The summed E-state index contributed by atoms with van der Waals surface area (Å²) in [5.74, 6) is 3.00. The molecule has 1 N–H and O–H groups in total. The molecule has 7 rings (SSSR count). The summed E-state index contributed by atoms with van der Waals surface area (Å²) >= 11 is 5.88. The van der Waals surface area contributed by atoms with E-state index < -0.39 is 0 Å². The molecule has 0 unspecified atom stereocenters. The highest BCUT2D eigenvalue weighted by Crippen LogP contribution is 2.61. The molecule has 33 heavy (non-hydrogen) atoms. The second-order valence-corrected chi connectivity index (χ2v) is 11.4. The highest BCUT2D eigenvalue weighted by atomic mass is 35.5. The van der Waals surface area contributed by atoms with Gasteiger partial charge in [0.15, 0.2) is 0 Å². The molecule has 5 nitrogen and oxygen atoms in total. The van der Waals surface area contributed by atoms with Crippen LogP contribution in [0.1, 0.15) is 61.8 Å². The van der Waals surface area contributed by atoms with Crippen molar-refractivity contribution in [3.63, 3.8) is 0 Å². The zero-order chi connectivity index (χ0) is 22.6. The number of fused-ring (bicyclic) bond motifs is 1. The molecular formula is C26H30ClFN4O. The first-order valence-electron chi connectivity index (χ1n) is 12.2. The van der Waals surface area contributed by atoms with Crippen LogP contribution in [0.15, 0.2) is 24.5 Å². The average molecular weight is 469 g/mol. The van der Waals surface area contributed by atoms with E-state index in [1.165, 1.54) is 50.9 Å². The van der Waals surface area contributed by atoms with E-state index in [2.05, 4.69) is 20.2 Å². The summed E-state index contributed by atoms with van der Waals surface area (Å²) in [5, 5.41) is 3.55. The number of hydrogen-bond acceptors (Lipinski definition) is 4. The Hall–Kier alpha value is -2.05. The molecule has 4 bridgehead atoms. The summed E-state index contributed by atoms with van der Waals surface area (Å²) in [6.45, 7) is 1.87. The molecule has 0 saturated heterocycles. The van der Waals surface area contributed by atoms with Crippen LogP contribution in [0.25, 0.3) is 0 Å². The molecule has 2 aromatic rings. The van der Waals surface area contributed by atoms with Gasteiger partial charge in [-0.05, 0) is 80.2 Å². The Morgan fingerprint density at radius 3 is 2.58 bits per heavy atom. The van der Waals surface area contributed by atoms with Crippen molar-refractivity contribution in [2.75, 3.05) is 11.9 Å². The zero-order valence-electron chi connectivity index (χ0n) is 18.8. The van der Waals surface area contributed by atoms with Gasteiger partial charge in [-0.25, -0.2) is 14.4 Å². The lowest BCUT2D eigenvalue weighted by atomic mass is 9.49. The van der Waals surface area contributed by atoms with Gasteiger partial charge < -0.3 is 5.32 Å². The van der Waals surface area contributed by atoms with E-state index in [9.17, 15) is 9.18 Å². The maximum atomic E-state index is 14.2. The van der Waals surface area contributed by atoms with Crippen LogP contribution in [-0.4, -0.2) is 27.3 Å². The number of hydrogen-bond donors (Lipinski definition) is 1. The van der Waals surface area contributed by atoms with Crippen molar-refractivity contribution in [1.82, 2.24) is 14.9 Å². The standard InChI is InChI=1S/C26H30ClFN4O/c27-20-2-1-19(22(28)8-20)13-32-4-3-21-23(14-32)29-15-30-25(21)31-24(33)12-26-9-16-5-17(10-26)7-18(6-16)11-26/h1-2,8,15-18H,3-7,9-14H2,(H,29,30,31,33). The number of carbonyl (C=O) groups excluding carboxylic acids is 1. The number of amides is 1. The topological polar surface area (TPSA) is 58.1 Å². The molecule has 4 fully saturated rings. The third-order valence-electron chi connectivity index (χ3n) is 8.45. The minimum atomic E-state index is -0.284. The van der Waals surface area contributed by atoms with Gasteiger partial charge in [0.05, 0.1) is 5.69 Å². The molecule has 5 aliphatic rings. The van der Waals surface area contributed by atoms with Crippen molar-refractivity contribution in [1.29, 1.82) is 0 Å². The highest BCUT2D eigenvalue weighted by Gasteiger charge is 2.51. The Bertz CT molecular complexity index is 1050. The molecular weight excluding hydrogens is 439 g/mol. The average Bonchev–Trinajstić information content (AvgIpc) is 2.74. The molecule has 1 aliphatic heterocycles. The van der Waals surface area contributed by atoms with E-state index in [0.717, 1.165) is 42.0 Å². The quantitative estimate of drug-likeness (QED) is 0.640. The Morgan fingerprint density at radius 1 is 1.15 bits per heavy atom. The lowest BCUT2D eigenvalue weighted by molar-refractivity contribution is -0.124. The summed E-state index contributed by atoms with van der Waals surface area (Å²) in [5.41, 5.74) is 2.77. The number of nitrogens with zero attached hydrogens (tertiary/aromatic N) is 3.